The largest absolute Gasteiger partial charge is 0.323 e. The molecule has 5 N–H and O–H groups in total. The highest BCUT2D eigenvalue weighted by molar-refractivity contribution is 6.03. The van der Waals surface area contributed by atoms with E-state index < -0.39 is 5.69 Å². The molecule has 0 bridgehead atoms. The van der Waals surface area contributed by atoms with Gasteiger partial charge in [0.15, 0.2) is 0 Å². The molecule has 1 aromatic carbocycles. The Hall–Kier alpha value is -2.78. The molecule has 0 aliphatic heterocycles. The first-order valence-electron chi connectivity index (χ1n) is 6.55. The van der Waals surface area contributed by atoms with Crippen LogP contribution in [0.15, 0.2) is 29.2 Å². The van der Waals surface area contributed by atoms with Crippen molar-refractivity contribution in [1.29, 1.82) is 0 Å². The number of anilines is 1. The fourth-order valence-electron chi connectivity index (χ4n) is 1.88. The summed E-state index contributed by atoms with van der Waals surface area (Å²) >= 11 is 0. The van der Waals surface area contributed by atoms with E-state index in [2.05, 4.69) is 27.1 Å². The van der Waals surface area contributed by atoms with E-state index in [1.807, 2.05) is 19.1 Å². The van der Waals surface area contributed by atoms with Gasteiger partial charge in [-0.1, -0.05) is 18.8 Å². The number of amides is 1. The molecular formula is C15H16N4O2. The van der Waals surface area contributed by atoms with Gasteiger partial charge < -0.3 is 21.0 Å². The van der Waals surface area contributed by atoms with Gasteiger partial charge in [-0.05, 0) is 30.2 Å². The van der Waals surface area contributed by atoms with Gasteiger partial charge >= 0.3 is 5.69 Å². The number of aromatic amines is 2. The zero-order valence-corrected chi connectivity index (χ0v) is 11.6. The summed E-state index contributed by atoms with van der Waals surface area (Å²) in [6, 6.07) is 5.53. The molecule has 2 rings (SSSR count). The lowest BCUT2D eigenvalue weighted by Gasteiger charge is -2.09. The van der Waals surface area contributed by atoms with Gasteiger partial charge in [-0.3, -0.25) is 4.79 Å². The zero-order chi connectivity index (χ0) is 15.2. The van der Waals surface area contributed by atoms with E-state index in [0.717, 1.165) is 17.5 Å². The van der Waals surface area contributed by atoms with Crippen molar-refractivity contribution in [3.63, 3.8) is 0 Å². The predicted octanol–water partition coefficient (Wildman–Crippen LogP) is 0.828. The van der Waals surface area contributed by atoms with Crippen molar-refractivity contribution in [3.05, 3.63) is 51.7 Å². The van der Waals surface area contributed by atoms with Crippen LogP contribution in [-0.2, 0) is 6.42 Å². The quantitative estimate of drug-likeness (QED) is 0.627. The molecule has 0 saturated heterocycles. The molecule has 0 aliphatic rings. The molecule has 0 aliphatic carbocycles. The monoisotopic (exact) mass is 284 g/mol. The number of rotatable bonds is 3. The van der Waals surface area contributed by atoms with Crippen LogP contribution < -0.4 is 16.7 Å². The van der Waals surface area contributed by atoms with E-state index in [0.29, 0.717) is 12.2 Å². The molecule has 6 heteroatoms. The fraction of sp³-hybridized carbons (Fsp3) is 0.200. The molecule has 0 unspecified atom stereocenters. The van der Waals surface area contributed by atoms with Crippen molar-refractivity contribution in [2.75, 3.05) is 11.9 Å². The Morgan fingerprint density at radius 2 is 2.24 bits per heavy atom. The Morgan fingerprint density at radius 3 is 2.86 bits per heavy atom. The number of carbonyl (C=O) groups excluding carboxylic acids is 1. The number of hydrogen-bond donors (Lipinski definition) is 4. The second kappa shape index (κ2) is 6.59. The molecule has 2 aromatic rings. The number of aryl methyl sites for hydroxylation is 1. The second-order valence-electron chi connectivity index (χ2n) is 4.34. The van der Waals surface area contributed by atoms with Crippen LogP contribution in [0.5, 0.6) is 0 Å². The van der Waals surface area contributed by atoms with E-state index in [1.54, 1.807) is 6.07 Å². The van der Waals surface area contributed by atoms with Gasteiger partial charge in [-0.25, -0.2) is 4.79 Å². The SMILES string of the molecule is CCc1cc(C#CCN)ccc1NC(=O)c1c[nH]c(=O)[nH]1. The fourth-order valence-corrected chi connectivity index (χ4v) is 1.88. The van der Waals surface area contributed by atoms with Crippen LogP contribution in [0.1, 0.15) is 28.5 Å². The number of aromatic nitrogens is 2. The minimum Gasteiger partial charge on any atom is -0.320 e. The summed E-state index contributed by atoms with van der Waals surface area (Å²) in [6.07, 6.45) is 2.09. The van der Waals surface area contributed by atoms with Crippen LogP contribution in [0, 0.1) is 11.8 Å². The summed E-state index contributed by atoms with van der Waals surface area (Å²) in [5.41, 5.74) is 7.63. The third-order valence-corrected chi connectivity index (χ3v) is 2.91. The van der Waals surface area contributed by atoms with Crippen LogP contribution in [0.3, 0.4) is 0 Å². The first-order valence-corrected chi connectivity index (χ1v) is 6.55. The van der Waals surface area contributed by atoms with Crippen molar-refractivity contribution in [2.45, 2.75) is 13.3 Å². The summed E-state index contributed by atoms with van der Waals surface area (Å²) in [5.74, 6) is 5.37. The van der Waals surface area contributed by atoms with Crippen LogP contribution in [0.4, 0.5) is 5.69 Å². The second-order valence-corrected chi connectivity index (χ2v) is 4.34. The molecule has 0 fully saturated rings. The highest BCUT2D eigenvalue weighted by Crippen LogP contribution is 2.18. The maximum atomic E-state index is 12.0. The van der Waals surface area contributed by atoms with Crippen molar-refractivity contribution in [3.8, 4) is 11.8 Å². The Kier molecular flexibility index (Phi) is 4.59. The lowest BCUT2D eigenvalue weighted by Crippen LogP contribution is -2.15. The Morgan fingerprint density at radius 1 is 1.43 bits per heavy atom. The normalized spacial score (nSPS) is 9.81. The molecule has 1 amide bonds. The Balaban J connectivity index is 2.23. The number of H-pyrrole nitrogens is 2. The van der Waals surface area contributed by atoms with Crippen LogP contribution in [0.25, 0.3) is 0 Å². The number of nitrogens with one attached hydrogen (secondary N) is 3. The van der Waals surface area contributed by atoms with Crippen LogP contribution >= 0.6 is 0 Å². The number of carbonyl (C=O) groups is 1. The molecule has 6 nitrogen and oxygen atoms in total. The van der Waals surface area contributed by atoms with Gasteiger partial charge in [0.1, 0.15) is 5.69 Å². The van der Waals surface area contributed by atoms with Gasteiger partial charge in [0.25, 0.3) is 5.91 Å². The molecule has 0 radical (unpaired) electrons. The zero-order valence-electron chi connectivity index (χ0n) is 11.6. The molecule has 0 saturated carbocycles. The molecule has 1 aromatic heterocycles. The van der Waals surface area contributed by atoms with Gasteiger partial charge in [0.2, 0.25) is 0 Å². The lowest BCUT2D eigenvalue weighted by atomic mass is 10.1. The first-order chi connectivity index (χ1) is 10.1. The summed E-state index contributed by atoms with van der Waals surface area (Å²) in [7, 11) is 0. The minimum atomic E-state index is -0.414. The van der Waals surface area contributed by atoms with E-state index in [-0.39, 0.29) is 11.6 Å². The summed E-state index contributed by atoms with van der Waals surface area (Å²) in [5, 5.41) is 2.77. The minimum absolute atomic E-state index is 0.189. The molecule has 21 heavy (non-hydrogen) atoms. The maximum Gasteiger partial charge on any atom is 0.323 e. The van der Waals surface area contributed by atoms with Crippen molar-refractivity contribution < 1.29 is 4.79 Å². The van der Waals surface area contributed by atoms with Crippen LogP contribution in [-0.4, -0.2) is 22.4 Å². The summed E-state index contributed by atoms with van der Waals surface area (Å²) in [6.45, 7) is 2.30. The van der Waals surface area contributed by atoms with Crippen molar-refractivity contribution in [1.82, 2.24) is 9.97 Å². The third-order valence-electron chi connectivity index (χ3n) is 2.91. The smallest absolute Gasteiger partial charge is 0.320 e. The standard InChI is InChI=1S/C15H16N4O2/c1-2-11-8-10(4-3-7-16)5-6-12(11)18-14(20)13-9-17-15(21)19-13/h5-6,8-9H,2,7,16H2,1H3,(H,18,20)(H2,17,19,21). The Labute approximate surface area is 121 Å². The summed E-state index contributed by atoms with van der Waals surface area (Å²) in [4.78, 5) is 27.8. The average Bonchev–Trinajstić information content (AvgIpc) is 2.92. The van der Waals surface area contributed by atoms with Crippen molar-refractivity contribution >= 4 is 11.6 Å². The third kappa shape index (κ3) is 3.61. The number of benzene rings is 1. The lowest BCUT2D eigenvalue weighted by molar-refractivity contribution is 0.102. The highest BCUT2D eigenvalue weighted by Gasteiger charge is 2.10. The number of nitrogens with two attached hydrogens (primary N) is 1. The first kappa shape index (κ1) is 14.6. The molecular weight excluding hydrogens is 268 g/mol. The van der Waals surface area contributed by atoms with E-state index in [1.165, 1.54) is 6.20 Å². The molecule has 0 spiro atoms. The number of hydrogen-bond acceptors (Lipinski definition) is 3. The van der Waals surface area contributed by atoms with E-state index in [9.17, 15) is 9.59 Å². The topological polar surface area (TPSA) is 104 Å². The van der Waals surface area contributed by atoms with Gasteiger partial charge in [-0.15, -0.1) is 0 Å². The van der Waals surface area contributed by atoms with Gasteiger partial charge in [-0.2, -0.15) is 0 Å². The number of imidazole rings is 1. The Bertz CT molecular complexity index is 762. The summed E-state index contributed by atoms with van der Waals surface area (Å²) < 4.78 is 0. The van der Waals surface area contributed by atoms with Gasteiger partial charge in [0.05, 0.1) is 6.54 Å². The van der Waals surface area contributed by atoms with Crippen LogP contribution in [0.2, 0.25) is 0 Å². The van der Waals surface area contributed by atoms with E-state index in [4.69, 9.17) is 5.73 Å². The molecule has 1 heterocycles. The van der Waals surface area contributed by atoms with E-state index >= 15 is 0 Å². The average molecular weight is 284 g/mol. The predicted molar refractivity (Wildman–Crippen MR) is 81.1 cm³/mol. The van der Waals surface area contributed by atoms with Gasteiger partial charge in [0, 0.05) is 17.4 Å². The van der Waals surface area contributed by atoms with Crippen molar-refractivity contribution in [2.24, 2.45) is 5.73 Å². The highest BCUT2D eigenvalue weighted by atomic mass is 16.2. The maximum absolute atomic E-state index is 12.0. The molecule has 108 valence electrons. The molecule has 0 atom stereocenters.